The van der Waals surface area contributed by atoms with Gasteiger partial charge in [0, 0.05) is 35.7 Å². The van der Waals surface area contributed by atoms with Gasteiger partial charge in [-0.25, -0.2) is 13.8 Å². The van der Waals surface area contributed by atoms with Crippen molar-refractivity contribution < 1.29 is 13.6 Å². The van der Waals surface area contributed by atoms with Crippen molar-refractivity contribution in [3.05, 3.63) is 75.0 Å². The molecule has 0 spiro atoms. The number of aromatic amines is 1. The summed E-state index contributed by atoms with van der Waals surface area (Å²) < 4.78 is 27.3. The number of benzene rings is 2. The Labute approximate surface area is 170 Å². The van der Waals surface area contributed by atoms with E-state index in [1.807, 2.05) is 0 Å². The van der Waals surface area contributed by atoms with Gasteiger partial charge in [0.2, 0.25) is 5.91 Å². The van der Waals surface area contributed by atoms with E-state index in [-0.39, 0.29) is 35.5 Å². The summed E-state index contributed by atoms with van der Waals surface area (Å²) in [6.45, 7) is 3.85. The number of halogens is 3. The number of amides is 1. The third kappa shape index (κ3) is 4.86. The van der Waals surface area contributed by atoms with Gasteiger partial charge in [0.25, 0.3) is 5.56 Å². The third-order valence-corrected chi connectivity index (χ3v) is 4.56. The number of carbonyl (C=O) groups excluding carboxylic acids is 1. The van der Waals surface area contributed by atoms with Crippen LogP contribution < -0.4 is 10.9 Å². The summed E-state index contributed by atoms with van der Waals surface area (Å²) in [5.41, 5.74) is 0.707. The Balaban J connectivity index is 2.00. The molecule has 3 rings (SSSR count). The Kier molecular flexibility index (Phi) is 6.08. The molecule has 0 aliphatic carbocycles. The number of rotatable bonds is 5. The number of hydrogen-bond donors (Lipinski definition) is 2. The van der Waals surface area contributed by atoms with E-state index in [1.165, 1.54) is 6.07 Å². The van der Waals surface area contributed by atoms with Crippen molar-refractivity contribution in [1.29, 1.82) is 0 Å². The molecule has 0 aliphatic heterocycles. The lowest BCUT2D eigenvalue weighted by atomic mass is 10.1. The summed E-state index contributed by atoms with van der Waals surface area (Å²) >= 11 is 6.27. The van der Waals surface area contributed by atoms with E-state index >= 15 is 0 Å². The molecule has 1 heterocycles. The van der Waals surface area contributed by atoms with E-state index < -0.39 is 17.2 Å². The van der Waals surface area contributed by atoms with Gasteiger partial charge in [0.05, 0.1) is 10.7 Å². The van der Waals surface area contributed by atoms with E-state index in [4.69, 9.17) is 11.6 Å². The van der Waals surface area contributed by atoms with Gasteiger partial charge in [-0.3, -0.25) is 9.59 Å². The lowest BCUT2D eigenvalue weighted by Gasteiger charge is -2.11. The van der Waals surface area contributed by atoms with Gasteiger partial charge in [0.15, 0.2) is 0 Å². The predicted molar refractivity (Wildman–Crippen MR) is 107 cm³/mol. The van der Waals surface area contributed by atoms with Crippen molar-refractivity contribution >= 4 is 17.5 Å². The minimum atomic E-state index is -0.828. The molecule has 2 N–H and O–H groups in total. The van der Waals surface area contributed by atoms with Crippen LogP contribution in [0.25, 0.3) is 22.6 Å². The monoisotopic (exact) mass is 417 g/mol. The van der Waals surface area contributed by atoms with Crippen LogP contribution >= 0.6 is 11.6 Å². The maximum atomic E-state index is 14.1. The molecule has 0 bridgehead atoms. The zero-order valence-corrected chi connectivity index (χ0v) is 16.5. The number of aromatic nitrogens is 2. The Morgan fingerprint density at radius 1 is 1.14 bits per heavy atom. The van der Waals surface area contributed by atoms with Gasteiger partial charge in [-0.05, 0) is 29.8 Å². The first-order valence-electron chi connectivity index (χ1n) is 8.88. The summed E-state index contributed by atoms with van der Waals surface area (Å²) in [4.78, 5) is 30.8. The molecule has 8 heteroatoms. The van der Waals surface area contributed by atoms with Gasteiger partial charge >= 0.3 is 0 Å². The SMILES string of the molecule is CC(C)C(=O)NCc1ccc(Cl)c(-c2nc(-c3ccc(F)cc3F)cc(=O)[nH]2)c1. The highest BCUT2D eigenvalue weighted by molar-refractivity contribution is 6.33. The molecule has 1 amide bonds. The second-order valence-electron chi connectivity index (χ2n) is 6.79. The summed E-state index contributed by atoms with van der Waals surface area (Å²) in [6.07, 6.45) is 0. The number of hydrogen-bond acceptors (Lipinski definition) is 3. The van der Waals surface area contributed by atoms with Crippen molar-refractivity contribution in [2.45, 2.75) is 20.4 Å². The number of nitrogens with zero attached hydrogens (tertiary/aromatic N) is 1. The molecule has 0 saturated heterocycles. The number of nitrogens with one attached hydrogen (secondary N) is 2. The van der Waals surface area contributed by atoms with Crippen molar-refractivity contribution in [2.24, 2.45) is 5.92 Å². The van der Waals surface area contributed by atoms with Crippen LogP contribution in [0, 0.1) is 17.6 Å². The lowest BCUT2D eigenvalue weighted by Crippen LogP contribution is -2.27. The highest BCUT2D eigenvalue weighted by Gasteiger charge is 2.14. The smallest absolute Gasteiger partial charge is 0.251 e. The van der Waals surface area contributed by atoms with Crippen LogP contribution in [0.4, 0.5) is 8.78 Å². The molecule has 29 heavy (non-hydrogen) atoms. The van der Waals surface area contributed by atoms with E-state index in [0.717, 1.165) is 23.8 Å². The summed E-state index contributed by atoms with van der Waals surface area (Å²) in [5.74, 6) is -1.66. The van der Waals surface area contributed by atoms with Gasteiger partial charge < -0.3 is 10.3 Å². The standard InChI is InChI=1S/C21H18ClF2N3O2/c1-11(2)21(29)25-10-12-3-6-16(22)15(7-12)20-26-18(9-19(28)27-20)14-5-4-13(23)8-17(14)24/h3-9,11H,10H2,1-2H3,(H,25,29)(H,26,27,28). The number of carbonyl (C=O) groups is 1. The quantitative estimate of drug-likeness (QED) is 0.649. The molecule has 0 atom stereocenters. The maximum absolute atomic E-state index is 14.1. The molecule has 0 aliphatic rings. The van der Waals surface area contributed by atoms with Crippen molar-refractivity contribution in [3.63, 3.8) is 0 Å². The second kappa shape index (κ2) is 8.53. The van der Waals surface area contributed by atoms with Gasteiger partial charge in [-0.15, -0.1) is 0 Å². The normalized spacial score (nSPS) is 11.0. The minimum absolute atomic E-state index is 0.00442. The first-order chi connectivity index (χ1) is 13.7. The largest absolute Gasteiger partial charge is 0.352 e. The molecule has 0 radical (unpaired) electrons. The molecule has 0 unspecified atom stereocenters. The molecule has 5 nitrogen and oxygen atoms in total. The molecule has 0 saturated carbocycles. The number of H-pyrrole nitrogens is 1. The lowest BCUT2D eigenvalue weighted by molar-refractivity contribution is -0.124. The van der Waals surface area contributed by atoms with Gasteiger partial charge in [-0.1, -0.05) is 31.5 Å². The molecular formula is C21H18ClF2N3O2. The Morgan fingerprint density at radius 2 is 1.90 bits per heavy atom. The summed E-state index contributed by atoms with van der Waals surface area (Å²) in [7, 11) is 0. The van der Waals surface area contributed by atoms with Crippen LogP contribution in [0.1, 0.15) is 19.4 Å². The van der Waals surface area contributed by atoms with Crippen LogP contribution in [0.15, 0.2) is 47.3 Å². The molecule has 2 aromatic carbocycles. The Morgan fingerprint density at radius 3 is 2.59 bits per heavy atom. The van der Waals surface area contributed by atoms with Crippen LogP contribution in [0.5, 0.6) is 0 Å². The average Bonchev–Trinajstić information content (AvgIpc) is 2.66. The van der Waals surface area contributed by atoms with Gasteiger partial charge in [-0.2, -0.15) is 0 Å². The van der Waals surface area contributed by atoms with Crippen LogP contribution in [-0.2, 0) is 11.3 Å². The molecular weight excluding hydrogens is 400 g/mol. The van der Waals surface area contributed by atoms with E-state index in [2.05, 4.69) is 15.3 Å². The van der Waals surface area contributed by atoms with Crippen LogP contribution in [0.2, 0.25) is 5.02 Å². The first-order valence-corrected chi connectivity index (χ1v) is 9.25. The summed E-state index contributed by atoms with van der Waals surface area (Å²) in [6, 6.07) is 9.21. The highest BCUT2D eigenvalue weighted by atomic mass is 35.5. The summed E-state index contributed by atoms with van der Waals surface area (Å²) in [5, 5.41) is 3.12. The predicted octanol–water partition coefficient (Wildman–Crippen LogP) is 4.31. The first kappa shape index (κ1) is 20.7. The minimum Gasteiger partial charge on any atom is -0.352 e. The fourth-order valence-electron chi connectivity index (χ4n) is 2.68. The topological polar surface area (TPSA) is 74.8 Å². The van der Waals surface area contributed by atoms with Crippen LogP contribution in [0.3, 0.4) is 0 Å². The third-order valence-electron chi connectivity index (χ3n) is 4.23. The molecule has 0 fully saturated rings. The average molecular weight is 418 g/mol. The zero-order valence-electron chi connectivity index (χ0n) is 15.7. The van der Waals surface area contributed by atoms with E-state index in [0.29, 0.717) is 10.6 Å². The Bertz CT molecular complexity index is 1130. The van der Waals surface area contributed by atoms with E-state index in [9.17, 15) is 18.4 Å². The highest BCUT2D eigenvalue weighted by Crippen LogP contribution is 2.28. The fraction of sp³-hybridized carbons (Fsp3) is 0.190. The van der Waals surface area contributed by atoms with E-state index in [1.54, 1.807) is 32.0 Å². The fourth-order valence-corrected chi connectivity index (χ4v) is 2.88. The maximum Gasteiger partial charge on any atom is 0.251 e. The Hall–Kier alpha value is -3.06. The van der Waals surface area contributed by atoms with Crippen molar-refractivity contribution in [3.8, 4) is 22.6 Å². The molecule has 150 valence electrons. The van der Waals surface area contributed by atoms with Crippen molar-refractivity contribution in [2.75, 3.05) is 0 Å². The molecule has 1 aromatic heterocycles. The second-order valence-corrected chi connectivity index (χ2v) is 7.20. The van der Waals surface area contributed by atoms with Gasteiger partial charge in [0.1, 0.15) is 17.5 Å². The van der Waals surface area contributed by atoms with Crippen LogP contribution in [-0.4, -0.2) is 15.9 Å². The molecule has 3 aromatic rings. The van der Waals surface area contributed by atoms with Crippen molar-refractivity contribution in [1.82, 2.24) is 15.3 Å². The zero-order chi connectivity index (χ0) is 21.1.